The standard InChI is InChI=1S/C22H32N4O4/c1-12(2)9-16(23)20(27)25-18(21(28)26-19(13(3)4)22(29)30)10-14-11-24-17-8-6-5-7-15(14)17/h5-8,11-13,16,18-19,24H,9-10,23H2,1-4H3,(H,25,27)(H,26,28)(H,29,30)/t16-,18-,19-/m0/s1. The topological polar surface area (TPSA) is 137 Å². The van der Waals surface area contributed by atoms with E-state index >= 15 is 0 Å². The first-order chi connectivity index (χ1) is 14.1. The fourth-order valence-corrected chi connectivity index (χ4v) is 3.39. The third-order valence-corrected chi connectivity index (χ3v) is 5.02. The molecule has 0 saturated carbocycles. The third-order valence-electron chi connectivity index (χ3n) is 5.02. The summed E-state index contributed by atoms with van der Waals surface area (Å²) in [5.74, 6) is -2.18. The van der Waals surface area contributed by atoms with E-state index in [0.717, 1.165) is 16.5 Å². The maximum absolute atomic E-state index is 13.0. The van der Waals surface area contributed by atoms with Gasteiger partial charge >= 0.3 is 5.97 Å². The largest absolute Gasteiger partial charge is 0.480 e. The minimum Gasteiger partial charge on any atom is -0.480 e. The number of aliphatic carboxylic acids is 1. The Morgan fingerprint density at radius 3 is 2.33 bits per heavy atom. The number of fused-ring (bicyclic) bond motifs is 1. The molecule has 30 heavy (non-hydrogen) atoms. The van der Waals surface area contributed by atoms with Crippen molar-refractivity contribution >= 4 is 28.7 Å². The molecule has 6 N–H and O–H groups in total. The highest BCUT2D eigenvalue weighted by Crippen LogP contribution is 2.19. The van der Waals surface area contributed by atoms with Crippen molar-refractivity contribution in [3.05, 3.63) is 36.0 Å². The number of rotatable bonds is 10. The van der Waals surface area contributed by atoms with Crippen LogP contribution in [0.3, 0.4) is 0 Å². The van der Waals surface area contributed by atoms with Gasteiger partial charge in [-0.25, -0.2) is 4.79 Å². The van der Waals surface area contributed by atoms with Crippen molar-refractivity contribution < 1.29 is 19.5 Å². The molecule has 8 nitrogen and oxygen atoms in total. The van der Waals surface area contributed by atoms with Gasteiger partial charge in [0, 0.05) is 23.5 Å². The zero-order chi connectivity index (χ0) is 22.4. The van der Waals surface area contributed by atoms with Crippen molar-refractivity contribution in [1.82, 2.24) is 15.6 Å². The number of hydrogen-bond acceptors (Lipinski definition) is 4. The Morgan fingerprint density at radius 1 is 1.07 bits per heavy atom. The quantitative estimate of drug-likeness (QED) is 0.402. The molecule has 0 radical (unpaired) electrons. The summed E-state index contributed by atoms with van der Waals surface area (Å²) in [6, 6.07) is 4.90. The number of carboxylic acid groups (broad SMARTS) is 1. The first kappa shape index (κ1) is 23.4. The highest BCUT2D eigenvalue weighted by molar-refractivity contribution is 5.93. The number of benzene rings is 1. The molecule has 0 bridgehead atoms. The van der Waals surface area contributed by atoms with E-state index in [4.69, 9.17) is 5.73 Å². The molecule has 0 aliphatic carbocycles. The molecular weight excluding hydrogens is 384 g/mol. The summed E-state index contributed by atoms with van der Waals surface area (Å²) in [4.78, 5) is 40.2. The smallest absolute Gasteiger partial charge is 0.326 e. The molecule has 2 rings (SSSR count). The first-order valence-corrected chi connectivity index (χ1v) is 10.2. The second-order valence-corrected chi connectivity index (χ2v) is 8.43. The van der Waals surface area contributed by atoms with Gasteiger partial charge in [0.25, 0.3) is 0 Å². The number of nitrogens with one attached hydrogen (secondary N) is 3. The van der Waals surface area contributed by atoms with Crippen LogP contribution in [-0.2, 0) is 20.8 Å². The van der Waals surface area contributed by atoms with E-state index in [2.05, 4.69) is 15.6 Å². The molecule has 1 heterocycles. The van der Waals surface area contributed by atoms with Crippen molar-refractivity contribution in [2.24, 2.45) is 17.6 Å². The van der Waals surface area contributed by atoms with Crippen molar-refractivity contribution in [3.63, 3.8) is 0 Å². The van der Waals surface area contributed by atoms with Gasteiger partial charge in [0.15, 0.2) is 0 Å². The molecular formula is C22H32N4O4. The molecule has 0 unspecified atom stereocenters. The van der Waals surface area contributed by atoms with Gasteiger partial charge in [-0.2, -0.15) is 0 Å². The van der Waals surface area contributed by atoms with Gasteiger partial charge < -0.3 is 26.5 Å². The number of carboxylic acids is 1. The zero-order valence-electron chi connectivity index (χ0n) is 17.9. The molecule has 164 valence electrons. The average Bonchev–Trinajstić information content (AvgIpc) is 3.07. The number of aromatic nitrogens is 1. The van der Waals surface area contributed by atoms with Crippen LogP contribution < -0.4 is 16.4 Å². The molecule has 1 aromatic carbocycles. The monoisotopic (exact) mass is 416 g/mol. The summed E-state index contributed by atoms with van der Waals surface area (Å²) in [5.41, 5.74) is 7.75. The van der Waals surface area contributed by atoms with Gasteiger partial charge in [0.05, 0.1) is 6.04 Å². The molecule has 1 aromatic heterocycles. The van der Waals surface area contributed by atoms with Gasteiger partial charge in [-0.05, 0) is 29.9 Å². The predicted molar refractivity (Wildman–Crippen MR) is 116 cm³/mol. The number of amides is 2. The van der Waals surface area contributed by atoms with Crippen LogP contribution in [0.15, 0.2) is 30.5 Å². The Balaban J connectivity index is 2.25. The van der Waals surface area contributed by atoms with E-state index < -0.39 is 35.9 Å². The van der Waals surface area contributed by atoms with Crippen molar-refractivity contribution in [2.45, 2.75) is 58.7 Å². The minimum absolute atomic E-state index is 0.209. The number of nitrogens with two attached hydrogens (primary N) is 1. The van der Waals surface area contributed by atoms with Crippen LogP contribution in [0.25, 0.3) is 10.9 Å². The number of aromatic amines is 1. The highest BCUT2D eigenvalue weighted by atomic mass is 16.4. The van der Waals surface area contributed by atoms with Crippen molar-refractivity contribution in [2.75, 3.05) is 0 Å². The summed E-state index contributed by atoms with van der Waals surface area (Å²) < 4.78 is 0. The zero-order valence-corrected chi connectivity index (χ0v) is 17.9. The van der Waals surface area contributed by atoms with Gasteiger partial charge in [-0.3, -0.25) is 9.59 Å². The van der Waals surface area contributed by atoms with Crippen LogP contribution in [0.5, 0.6) is 0 Å². The Hall–Kier alpha value is -2.87. The van der Waals surface area contributed by atoms with E-state index in [0.29, 0.717) is 6.42 Å². The summed E-state index contributed by atoms with van der Waals surface area (Å²) in [6.07, 6.45) is 2.49. The summed E-state index contributed by atoms with van der Waals surface area (Å²) in [6.45, 7) is 7.35. The maximum atomic E-state index is 13.0. The Morgan fingerprint density at radius 2 is 1.73 bits per heavy atom. The lowest BCUT2D eigenvalue weighted by atomic mass is 10.00. The number of para-hydroxylation sites is 1. The van der Waals surface area contributed by atoms with Crippen LogP contribution in [0.2, 0.25) is 0 Å². The third kappa shape index (κ3) is 6.06. The van der Waals surface area contributed by atoms with Crippen LogP contribution in [-0.4, -0.2) is 46.0 Å². The van der Waals surface area contributed by atoms with Gasteiger partial charge in [-0.15, -0.1) is 0 Å². The molecule has 0 saturated heterocycles. The molecule has 8 heteroatoms. The predicted octanol–water partition coefficient (Wildman–Crippen LogP) is 1.79. The lowest BCUT2D eigenvalue weighted by Gasteiger charge is -2.24. The van der Waals surface area contributed by atoms with Crippen LogP contribution in [0.1, 0.15) is 39.7 Å². The molecule has 0 aliphatic rings. The SMILES string of the molecule is CC(C)C[C@H](N)C(=O)N[C@@H](Cc1c[nH]c2ccccc12)C(=O)N[C@H](C(=O)O)C(C)C. The van der Waals surface area contributed by atoms with Crippen LogP contribution in [0, 0.1) is 11.8 Å². The minimum atomic E-state index is -1.12. The summed E-state index contributed by atoms with van der Waals surface area (Å²) >= 11 is 0. The molecule has 3 atom stereocenters. The number of carbonyl (C=O) groups is 3. The maximum Gasteiger partial charge on any atom is 0.326 e. The lowest BCUT2D eigenvalue weighted by Crippen LogP contribution is -2.56. The highest BCUT2D eigenvalue weighted by Gasteiger charge is 2.30. The molecule has 0 aliphatic heterocycles. The van der Waals surface area contributed by atoms with Gasteiger partial charge in [-0.1, -0.05) is 45.9 Å². The van der Waals surface area contributed by atoms with Gasteiger partial charge in [0.2, 0.25) is 11.8 Å². The Kier molecular flexibility index (Phi) is 8.00. The first-order valence-electron chi connectivity index (χ1n) is 10.2. The Labute approximate surface area is 176 Å². The van der Waals surface area contributed by atoms with E-state index in [-0.39, 0.29) is 18.3 Å². The normalized spacial score (nSPS) is 14.5. The molecule has 2 aromatic rings. The van der Waals surface area contributed by atoms with Crippen LogP contribution >= 0.6 is 0 Å². The van der Waals surface area contributed by atoms with Gasteiger partial charge in [0.1, 0.15) is 12.1 Å². The van der Waals surface area contributed by atoms with E-state index in [9.17, 15) is 19.5 Å². The number of H-pyrrole nitrogens is 1. The van der Waals surface area contributed by atoms with Crippen molar-refractivity contribution in [3.8, 4) is 0 Å². The average molecular weight is 417 g/mol. The van der Waals surface area contributed by atoms with E-state index in [1.165, 1.54) is 0 Å². The number of hydrogen-bond donors (Lipinski definition) is 5. The van der Waals surface area contributed by atoms with Crippen molar-refractivity contribution in [1.29, 1.82) is 0 Å². The van der Waals surface area contributed by atoms with E-state index in [1.54, 1.807) is 20.0 Å². The second kappa shape index (κ2) is 10.2. The lowest BCUT2D eigenvalue weighted by molar-refractivity contribution is -0.143. The fraction of sp³-hybridized carbons (Fsp3) is 0.500. The number of carbonyl (C=O) groups excluding carboxylic acids is 2. The fourth-order valence-electron chi connectivity index (χ4n) is 3.39. The molecule has 0 fully saturated rings. The molecule has 0 spiro atoms. The summed E-state index contributed by atoms with van der Waals surface area (Å²) in [5, 5.41) is 15.6. The molecule has 2 amide bonds. The van der Waals surface area contributed by atoms with Crippen LogP contribution in [0.4, 0.5) is 0 Å². The van der Waals surface area contributed by atoms with E-state index in [1.807, 2.05) is 38.1 Å². The summed E-state index contributed by atoms with van der Waals surface area (Å²) in [7, 11) is 0. The Bertz CT molecular complexity index is 890. The second-order valence-electron chi connectivity index (χ2n) is 8.43.